The highest BCUT2D eigenvalue weighted by Gasteiger charge is 2.41. The third kappa shape index (κ3) is 6.06. The lowest BCUT2D eigenvalue weighted by molar-refractivity contribution is -0.138. The van der Waals surface area contributed by atoms with E-state index >= 15 is 0 Å². The molecule has 0 bridgehead atoms. The van der Waals surface area contributed by atoms with E-state index in [0.29, 0.717) is 50.3 Å². The van der Waals surface area contributed by atoms with Crippen LogP contribution in [0.25, 0.3) is 0 Å². The number of hydrogen-bond donors (Lipinski definition) is 2. The van der Waals surface area contributed by atoms with Gasteiger partial charge in [-0.05, 0) is 58.6 Å². The molecule has 1 aromatic carbocycles. The average molecular weight is 499 g/mol. The molecular weight excluding hydrogens is 460 g/mol. The smallest absolute Gasteiger partial charge is 0.253 e. The summed E-state index contributed by atoms with van der Waals surface area (Å²) in [6, 6.07) is 6.99. The Morgan fingerprint density at radius 1 is 1.06 bits per heavy atom. The topological polar surface area (TPSA) is 108 Å². The molecule has 3 saturated heterocycles. The Labute approximate surface area is 212 Å². The van der Waals surface area contributed by atoms with Crippen molar-refractivity contribution in [2.45, 2.75) is 64.5 Å². The van der Waals surface area contributed by atoms with Crippen LogP contribution in [0.15, 0.2) is 24.3 Å². The van der Waals surface area contributed by atoms with Crippen molar-refractivity contribution >= 4 is 29.3 Å². The van der Waals surface area contributed by atoms with Gasteiger partial charge in [0, 0.05) is 50.7 Å². The van der Waals surface area contributed by atoms with Crippen molar-refractivity contribution in [3.05, 3.63) is 29.8 Å². The van der Waals surface area contributed by atoms with Crippen LogP contribution in [-0.4, -0.2) is 77.9 Å². The maximum atomic E-state index is 13.1. The Kier molecular flexibility index (Phi) is 7.97. The second-order valence-corrected chi connectivity index (χ2v) is 11.1. The maximum Gasteiger partial charge on any atom is 0.253 e. The van der Waals surface area contributed by atoms with E-state index in [2.05, 4.69) is 10.6 Å². The van der Waals surface area contributed by atoms with Gasteiger partial charge >= 0.3 is 0 Å². The van der Waals surface area contributed by atoms with Gasteiger partial charge in [-0.1, -0.05) is 12.1 Å². The van der Waals surface area contributed by atoms with Crippen LogP contribution in [-0.2, 0) is 19.1 Å². The second kappa shape index (κ2) is 11.0. The van der Waals surface area contributed by atoms with Gasteiger partial charge in [-0.15, -0.1) is 0 Å². The van der Waals surface area contributed by atoms with Crippen molar-refractivity contribution < 1.29 is 23.9 Å². The van der Waals surface area contributed by atoms with E-state index in [1.165, 1.54) is 0 Å². The van der Waals surface area contributed by atoms with Crippen LogP contribution in [0.2, 0.25) is 0 Å². The van der Waals surface area contributed by atoms with E-state index in [9.17, 15) is 19.2 Å². The fraction of sp³-hybridized carbons (Fsp3) is 0.630. The number of nitrogens with one attached hydrogen (secondary N) is 2. The normalized spacial score (nSPS) is 23.1. The van der Waals surface area contributed by atoms with Gasteiger partial charge < -0.3 is 25.2 Å². The van der Waals surface area contributed by atoms with Gasteiger partial charge in [0.25, 0.3) is 5.91 Å². The van der Waals surface area contributed by atoms with Crippen LogP contribution in [0.4, 0.5) is 5.69 Å². The Morgan fingerprint density at radius 2 is 1.78 bits per heavy atom. The van der Waals surface area contributed by atoms with Crippen LogP contribution in [0.5, 0.6) is 0 Å². The molecule has 0 aromatic heterocycles. The molecule has 3 fully saturated rings. The zero-order valence-electron chi connectivity index (χ0n) is 21.5. The molecule has 3 aliphatic heterocycles. The second-order valence-electron chi connectivity index (χ2n) is 11.1. The van der Waals surface area contributed by atoms with Gasteiger partial charge in [-0.25, -0.2) is 0 Å². The third-order valence-corrected chi connectivity index (χ3v) is 7.41. The number of likely N-dealkylation sites (tertiary alicyclic amines) is 2. The van der Waals surface area contributed by atoms with Gasteiger partial charge in [-0.3, -0.25) is 19.2 Å². The zero-order valence-corrected chi connectivity index (χ0v) is 21.5. The quantitative estimate of drug-likeness (QED) is 0.626. The fourth-order valence-corrected chi connectivity index (χ4v) is 5.27. The molecule has 1 aromatic rings. The summed E-state index contributed by atoms with van der Waals surface area (Å²) < 4.78 is 5.57. The number of piperidine rings is 1. The fourth-order valence-electron chi connectivity index (χ4n) is 5.27. The standard InChI is InChI=1S/C27H38N4O5/c1-27(2,3)31-17-19(15-23(31)32)26(35)30-12-10-18(11-13-30)24(33)29-22-9-5-4-8-21(22)25(34)28-16-20-7-6-14-36-20/h4-5,8-9,18-20H,6-7,10-17H2,1-3H3,(H,28,34)(H,29,33). The molecule has 0 radical (unpaired) electrons. The number of para-hydroxylation sites is 1. The Hall–Kier alpha value is -2.94. The minimum absolute atomic E-state index is 0.00205. The lowest BCUT2D eigenvalue weighted by Crippen LogP contribution is -2.46. The number of benzene rings is 1. The highest BCUT2D eigenvalue weighted by molar-refractivity contribution is 6.04. The number of nitrogens with zero attached hydrogens (tertiary/aromatic N) is 2. The number of ether oxygens (including phenoxy) is 1. The van der Waals surface area contributed by atoms with Crippen molar-refractivity contribution in [2.75, 3.05) is 38.1 Å². The summed E-state index contributed by atoms with van der Waals surface area (Å²) in [5.74, 6) is -0.917. The van der Waals surface area contributed by atoms with Crippen LogP contribution in [0, 0.1) is 11.8 Å². The molecule has 2 N–H and O–H groups in total. The molecular formula is C27H38N4O5. The zero-order chi connectivity index (χ0) is 25.9. The first-order valence-electron chi connectivity index (χ1n) is 13.0. The van der Waals surface area contributed by atoms with Gasteiger partial charge in [0.1, 0.15) is 0 Å². The molecule has 4 amide bonds. The minimum Gasteiger partial charge on any atom is -0.376 e. The Bertz CT molecular complexity index is 990. The number of carbonyl (C=O) groups excluding carboxylic acids is 4. The molecule has 2 atom stereocenters. The summed E-state index contributed by atoms with van der Waals surface area (Å²) in [5, 5.41) is 5.84. The van der Waals surface area contributed by atoms with E-state index in [1.54, 1.807) is 34.1 Å². The third-order valence-electron chi connectivity index (χ3n) is 7.41. The first-order chi connectivity index (χ1) is 17.1. The van der Waals surface area contributed by atoms with Crippen molar-refractivity contribution in [1.29, 1.82) is 0 Å². The molecule has 3 heterocycles. The number of hydrogen-bond acceptors (Lipinski definition) is 5. The van der Waals surface area contributed by atoms with E-state index in [4.69, 9.17) is 4.74 Å². The van der Waals surface area contributed by atoms with E-state index in [0.717, 1.165) is 19.4 Å². The highest BCUT2D eigenvalue weighted by atomic mass is 16.5. The van der Waals surface area contributed by atoms with Gasteiger partial charge in [0.15, 0.2) is 0 Å². The first kappa shape index (κ1) is 26.1. The summed E-state index contributed by atoms with van der Waals surface area (Å²) in [6.45, 7) is 8.54. The molecule has 36 heavy (non-hydrogen) atoms. The average Bonchev–Trinajstić information content (AvgIpc) is 3.52. The van der Waals surface area contributed by atoms with Gasteiger partial charge in [-0.2, -0.15) is 0 Å². The molecule has 196 valence electrons. The molecule has 9 nitrogen and oxygen atoms in total. The number of carbonyl (C=O) groups is 4. The molecule has 9 heteroatoms. The maximum absolute atomic E-state index is 13.1. The van der Waals surface area contributed by atoms with E-state index < -0.39 is 0 Å². The summed E-state index contributed by atoms with van der Waals surface area (Å²) >= 11 is 0. The molecule has 0 spiro atoms. The molecule has 0 aliphatic carbocycles. The van der Waals surface area contributed by atoms with Crippen LogP contribution < -0.4 is 10.6 Å². The summed E-state index contributed by atoms with van der Waals surface area (Å²) in [5.41, 5.74) is 0.609. The van der Waals surface area contributed by atoms with Crippen molar-refractivity contribution in [3.63, 3.8) is 0 Å². The first-order valence-corrected chi connectivity index (χ1v) is 13.0. The van der Waals surface area contributed by atoms with E-state index in [1.807, 2.05) is 20.8 Å². The number of anilines is 1. The SMILES string of the molecule is CC(C)(C)N1CC(C(=O)N2CCC(C(=O)Nc3ccccc3C(=O)NCC3CCCO3)CC2)CC1=O. The van der Waals surface area contributed by atoms with Gasteiger partial charge in [0.2, 0.25) is 17.7 Å². The lowest BCUT2D eigenvalue weighted by atomic mass is 9.94. The van der Waals surface area contributed by atoms with Crippen molar-refractivity contribution in [3.8, 4) is 0 Å². The molecule has 3 aliphatic rings. The van der Waals surface area contributed by atoms with Crippen LogP contribution >= 0.6 is 0 Å². The molecule has 0 saturated carbocycles. The Balaban J connectivity index is 1.28. The lowest BCUT2D eigenvalue weighted by Gasteiger charge is -2.34. The summed E-state index contributed by atoms with van der Waals surface area (Å²) in [7, 11) is 0. The largest absolute Gasteiger partial charge is 0.376 e. The predicted molar refractivity (Wildman–Crippen MR) is 135 cm³/mol. The molecule has 2 unspecified atom stereocenters. The van der Waals surface area contributed by atoms with Crippen molar-refractivity contribution in [2.24, 2.45) is 11.8 Å². The summed E-state index contributed by atoms with van der Waals surface area (Å²) in [6.07, 6.45) is 3.34. The number of rotatable bonds is 6. The highest BCUT2D eigenvalue weighted by Crippen LogP contribution is 2.29. The van der Waals surface area contributed by atoms with Gasteiger partial charge in [0.05, 0.1) is 23.3 Å². The molecule has 4 rings (SSSR count). The predicted octanol–water partition coefficient (Wildman–Crippen LogP) is 2.42. The Morgan fingerprint density at radius 3 is 2.42 bits per heavy atom. The van der Waals surface area contributed by atoms with E-state index in [-0.39, 0.29) is 53.5 Å². The van der Waals surface area contributed by atoms with Crippen molar-refractivity contribution in [1.82, 2.24) is 15.1 Å². The number of amides is 4. The monoisotopic (exact) mass is 498 g/mol. The van der Waals surface area contributed by atoms with Crippen LogP contribution in [0.3, 0.4) is 0 Å². The van der Waals surface area contributed by atoms with Crippen LogP contribution in [0.1, 0.15) is 63.2 Å². The minimum atomic E-state index is -0.317. The summed E-state index contributed by atoms with van der Waals surface area (Å²) in [4.78, 5) is 54.8.